The van der Waals surface area contributed by atoms with Crippen LogP contribution in [0.2, 0.25) is 0 Å². The lowest BCUT2D eigenvalue weighted by molar-refractivity contribution is 0.435. The molecule has 0 amide bonds. The van der Waals surface area contributed by atoms with Gasteiger partial charge in [-0.05, 0) is 122 Å². The number of anilines is 3. The third-order valence-corrected chi connectivity index (χ3v) is 14.2. The molecule has 0 saturated heterocycles. The summed E-state index contributed by atoms with van der Waals surface area (Å²) in [5.41, 5.74) is 20.5. The number of hydrogen-bond donors (Lipinski definition) is 0. The van der Waals surface area contributed by atoms with Crippen LogP contribution in [0.4, 0.5) is 17.1 Å². The van der Waals surface area contributed by atoms with Gasteiger partial charge in [0, 0.05) is 51.7 Å². The van der Waals surface area contributed by atoms with Gasteiger partial charge in [0.25, 0.3) is 0 Å². The molecule has 1 unspecified atom stereocenters. The summed E-state index contributed by atoms with van der Waals surface area (Å²) in [6.07, 6.45) is 3.92. The summed E-state index contributed by atoms with van der Waals surface area (Å²) in [6.45, 7) is 0. The topological polar surface area (TPSA) is 38.2 Å². The Hall–Kier alpha value is -8.34. The number of nitrogens with zero attached hydrogens (tertiary/aromatic N) is 3. The van der Waals surface area contributed by atoms with Crippen molar-refractivity contribution in [3.05, 3.63) is 269 Å². The molecule has 64 heavy (non-hydrogen) atoms. The fraction of sp³-hybridized carbons (Fsp3) is 0.0333. The van der Waals surface area contributed by atoms with Crippen LogP contribution in [0.3, 0.4) is 0 Å². The molecule has 4 aliphatic rings. The highest BCUT2D eigenvalue weighted by Gasteiger charge is 2.56. The number of aromatic nitrogens is 2. The van der Waals surface area contributed by atoms with Crippen molar-refractivity contribution in [2.75, 3.05) is 4.90 Å². The Morgan fingerprint density at radius 1 is 0.328 bits per heavy atom. The van der Waals surface area contributed by atoms with Crippen LogP contribution in [0.5, 0.6) is 11.5 Å². The van der Waals surface area contributed by atoms with Crippen molar-refractivity contribution in [2.24, 2.45) is 0 Å². The molecule has 14 rings (SSSR count). The van der Waals surface area contributed by atoms with Crippen LogP contribution in [-0.2, 0) is 10.8 Å². The lowest BCUT2D eigenvalue weighted by Gasteiger charge is -2.40. The first-order valence-electron chi connectivity index (χ1n) is 22.0. The summed E-state index contributed by atoms with van der Waals surface area (Å²) in [4.78, 5) is 12.8. The predicted molar refractivity (Wildman–Crippen MR) is 256 cm³/mol. The molecule has 3 aliphatic carbocycles. The molecule has 8 aromatic carbocycles. The van der Waals surface area contributed by atoms with Crippen molar-refractivity contribution in [1.82, 2.24) is 9.97 Å². The number of benzene rings is 8. The molecule has 4 heteroatoms. The first-order chi connectivity index (χ1) is 31.7. The van der Waals surface area contributed by atoms with Gasteiger partial charge in [0.15, 0.2) is 0 Å². The smallest absolute Gasteiger partial charge is 0.132 e. The molecule has 3 heterocycles. The van der Waals surface area contributed by atoms with Crippen LogP contribution in [0.1, 0.15) is 44.5 Å². The number of pyridine rings is 2. The highest BCUT2D eigenvalue weighted by Crippen LogP contribution is 2.67. The molecule has 4 nitrogen and oxygen atoms in total. The molecule has 0 radical (unpaired) electrons. The number of para-hydroxylation sites is 3. The van der Waals surface area contributed by atoms with Crippen molar-refractivity contribution in [2.45, 2.75) is 10.8 Å². The normalized spacial score (nSPS) is 15.8. The monoisotopic (exact) mass is 815 g/mol. The number of ether oxygens (including phenoxy) is 1. The molecule has 2 aromatic heterocycles. The van der Waals surface area contributed by atoms with Crippen LogP contribution >= 0.6 is 0 Å². The Kier molecular flexibility index (Phi) is 7.21. The van der Waals surface area contributed by atoms with Gasteiger partial charge >= 0.3 is 0 Å². The zero-order valence-corrected chi connectivity index (χ0v) is 34.6. The van der Waals surface area contributed by atoms with E-state index in [0.29, 0.717) is 0 Å². The van der Waals surface area contributed by atoms with E-state index >= 15 is 0 Å². The Labute approximate surface area is 371 Å². The van der Waals surface area contributed by atoms with Crippen molar-refractivity contribution in [3.8, 4) is 56.3 Å². The first-order valence-corrected chi connectivity index (χ1v) is 22.0. The maximum atomic E-state index is 7.19. The molecule has 0 fully saturated rings. The average molecular weight is 816 g/mol. The Morgan fingerprint density at radius 2 is 0.875 bits per heavy atom. The quantitative estimate of drug-likeness (QED) is 0.177. The number of fused-ring (bicyclic) bond motifs is 19. The van der Waals surface area contributed by atoms with E-state index in [4.69, 9.17) is 14.7 Å². The summed E-state index contributed by atoms with van der Waals surface area (Å²) in [6, 6.07) is 77.0. The zero-order chi connectivity index (χ0) is 42.0. The molecular formula is C60H37N3O. The summed E-state index contributed by atoms with van der Waals surface area (Å²) in [5.74, 6) is 1.69. The molecule has 298 valence electrons. The minimum absolute atomic E-state index is 0.498. The third-order valence-electron chi connectivity index (χ3n) is 14.2. The second-order valence-electron chi connectivity index (χ2n) is 17.2. The average Bonchev–Trinajstić information content (AvgIpc) is 3.94. The van der Waals surface area contributed by atoms with Gasteiger partial charge in [0.05, 0.1) is 22.2 Å². The highest BCUT2D eigenvalue weighted by molar-refractivity contribution is 5.97. The van der Waals surface area contributed by atoms with Crippen LogP contribution in [0.15, 0.2) is 225 Å². The molecule has 10 aromatic rings. The maximum absolute atomic E-state index is 7.19. The van der Waals surface area contributed by atoms with Crippen LogP contribution in [0, 0.1) is 0 Å². The number of hydrogen-bond acceptors (Lipinski definition) is 4. The summed E-state index contributed by atoms with van der Waals surface area (Å²) in [5, 5.41) is 0. The van der Waals surface area contributed by atoms with Crippen molar-refractivity contribution < 1.29 is 4.74 Å². The Bertz CT molecular complexity index is 3480. The van der Waals surface area contributed by atoms with Gasteiger partial charge in [-0.3, -0.25) is 9.97 Å². The van der Waals surface area contributed by atoms with Crippen LogP contribution in [0.25, 0.3) is 44.8 Å². The van der Waals surface area contributed by atoms with Crippen LogP contribution < -0.4 is 9.64 Å². The van der Waals surface area contributed by atoms with Gasteiger partial charge in [-0.2, -0.15) is 0 Å². The molecule has 0 saturated carbocycles. The van der Waals surface area contributed by atoms with E-state index in [-0.39, 0.29) is 0 Å². The lowest BCUT2D eigenvalue weighted by atomic mass is 9.65. The van der Waals surface area contributed by atoms with E-state index in [1.807, 2.05) is 12.4 Å². The molecule has 0 N–H and O–H groups in total. The molecule has 1 aliphatic heterocycles. The summed E-state index contributed by atoms with van der Waals surface area (Å²) >= 11 is 0. The van der Waals surface area contributed by atoms with Gasteiger partial charge in [-0.25, -0.2) is 0 Å². The predicted octanol–water partition coefficient (Wildman–Crippen LogP) is 14.4. The molecular weight excluding hydrogens is 779 g/mol. The second-order valence-corrected chi connectivity index (χ2v) is 17.2. The largest absolute Gasteiger partial charge is 0.457 e. The lowest BCUT2D eigenvalue weighted by Crippen LogP contribution is -2.33. The van der Waals surface area contributed by atoms with Gasteiger partial charge in [-0.15, -0.1) is 0 Å². The van der Waals surface area contributed by atoms with Gasteiger partial charge in [0.1, 0.15) is 11.5 Å². The van der Waals surface area contributed by atoms with Crippen molar-refractivity contribution >= 4 is 17.1 Å². The Morgan fingerprint density at radius 3 is 1.56 bits per heavy atom. The van der Waals surface area contributed by atoms with Crippen molar-refractivity contribution in [1.29, 1.82) is 0 Å². The van der Waals surface area contributed by atoms with E-state index in [9.17, 15) is 0 Å². The van der Waals surface area contributed by atoms with E-state index in [2.05, 4.69) is 217 Å². The van der Waals surface area contributed by atoms with Crippen LogP contribution in [-0.4, -0.2) is 9.97 Å². The van der Waals surface area contributed by atoms with E-state index in [1.54, 1.807) is 0 Å². The standard InChI is InChI=1S/C60H37N3O/c1-3-18-40(19-4-1)63(41-20-5-2-6-21-41)42-22-15-17-38(33-42)39-34-54-58(62-37-39)57-51(30-16-32-61-57)60(54)50-29-13-14-31-55(50)64-56-36-52-46(35-53(56)60)45-25-9-12-28-49(45)59(52)47-26-10-7-23-43(47)44-24-8-11-27-48(44)59/h1-37H. The highest BCUT2D eigenvalue weighted by atomic mass is 16.5. The Balaban J connectivity index is 1.02. The fourth-order valence-electron chi connectivity index (χ4n) is 11.8. The fourth-order valence-corrected chi connectivity index (χ4v) is 11.8. The third kappa shape index (κ3) is 4.51. The molecule has 2 spiro atoms. The SMILES string of the molecule is c1ccc(N(c2ccccc2)c2cccc(-c3cnc4c(c3)C3(c5ccccc5Oc5cc6c(cc53)-c3ccccc3C63c5ccccc5-c5ccccc53)c3cccnc3-4)c2)cc1. The summed E-state index contributed by atoms with van der Waals surface area (Å²) < 4.78 is 7.19. The zero-order valence-electron chi connectivity index (χ0n) is 34.6. The van der Waals surface area contributed by atoms with Crippen molar-refractivity contribution in [3.63, 3.8) is 0 Å². The molecule has 1 atom stereocenters. The number of rotatable bonds is 4. The minimum atomic E-state index is -0.769. The maximum Gasteiger partial charge on any atom is 0.132 e. The minimum Gasteiger partial charge on any atom is -0.457 e. The van der Waals surface area contributed by atoms with E-state index in [0.717, 1.165) is 73.3 Å². The van der Waals surface area contributed by atoms with Gasteiger partial charge < -0.3 is 9.64 Å². The second kappa shape index (κ2) is 13.1. The first kappa shape index (κ1) is 35.3. The van der Waals surface area contributed by atoms with Gasteiger partial charge in [0.2, 0.25) is 0 Å². The van der Waals surface area contributed by atoms with E-state index < -0.39 is 10.8 Å². The van der Waals surface area contributed by atoms with E-state index in [1.165, 1.54) is 44.5 Å². The summed E-state index contributed by atoms with van der Waals surface area (Å²) in [7, 11) is 0. The molecule has 0 bridgehead atoms. The van der Waals surface area contributed by atoms with Gasteiger partial charge in [-0.1, -0.05) is 146 Å².